The van der Waals surface area contributed by atoms with Gasteiger partial charge in [-0.1, -0.05) is 35.9 Å². The molecule has 1 aliphatic rings. The number of hydrazine groups is 1. The minimum Gasteiger partial charge on any atom is -0.345 e. The highest BCUT2D eigenvalue weighted by Crippen LogP contribution is 2.17. The van der Waals surface area contributed by atoms with Gasteiger partial charge in [-0.15, -0.1) is 0 Å². The van der Waals surface area contributed by atoms with Crippen LogP contribution in [-0.2, 0) is 16.1 Å². The Morgan fingerprint density at radius 2 is 2.04 bits per heavy atom. The fourth-order valence-electron chi connectivity index (χ4n) is 2.42. The number of carbonyl (C=O) groups is 2. The van der Waals surface area contributed by atoms with Crippen LogP contribution in [0.25, 0.3) is 0 Å². The van der Waals surface area contributed by atoms with Crippen LogP contribution in [0.1, 0.15) is 12.5 Å². The summed E-state index contributed by atoms with van der Waals surface area (Å²) in [7, 11) is 0. The summed E-state index contributed by atoms with van der Waals surface area (Å²) < 4.78 is 13.2. The van der Waals surface area contributed by atoms with E-state index >= 15 is 0 Å². The number of benzene rings is 2. The Bertz CT molecular complexity index is 873. The second kappa shape index (κ2) is 7.53. The van der Waals surface area contributed by atoms with Gasteiger partial charge in [0.15, 0.2) is 0 Å². The van der Waals surface area contributed by atoms with Crippen LogP contribution in [0.3, 0.4) is 0 Å². The van der Waals surface area contributed by atoms with Crippen molar-refractivity contribution in [1.29, 1.82) is 0 Å². The zero-order valence-corrected chi connectivity index (χ0v) is 14.6. The summed E-state index contributed by atoms with van der Waals surface area (Å²) in [5.41, 5.74) is 3.99. The van der Waals surface area contributed by atoms with Crippen LogP contribution in [0.4, 0.5) is 10.1 Å². The normalized spacial score (nSPS) is 16.7. The summed E-state index contributed by atoms with van der Waals surface area (Å²) >= 11 is 5.73. The van der Waals surface area contributed by atoms with E-state index < -0.39 is 17.8 Å². The number of nitrogens with one attached hydrogen (secondary N) is 2. The molecular formula is C18H16ClFN4O2. The highest BCUT2D eigenvalue weighted by molar-refractivity contribution is 6.39. The number of hydrogen-bond donors (Lipinski definition) is 2. The number of amidine groups is 1. The predicted octanol–water partition coefficient (Wildman–Crippen LogP) is 2.43. The first kappa shape index (κ1) is 17.9. The summed E-state index contributed by atoms with van der Waals surface area (Å²) in [4.78, 5) is 28.8. The first-order valence-electron chi connectivity index (χ1n) is 7.91. The molecule has 0 aromatic heterocycles. The van der Waals surface area contributed by atoms with E-state index in [2.05, 4.69) is 15.7 Å². The molecule has 134 valence electrons. The number of rotatable bonds is 4. The van der Waals surface area contributed by atoms with Crippen LogP contribution in [0.5, 0.6) is 0 Å². The Morgan fingerprint density at radius 3 is 2.73 bits per heavy atom. The van der Waals surface area contributed by atoms with Crippen molar-refractivity contribution < 1.29 is 14.0 Å². The standard InChI is InChI=1S/C18H16ClFN4O2/c1-11-18(26)24(13-5-3-2-4-6-13)23-16(22-11)17(25)21-10-12-7-8-15(20)14(19)9-12/h2-9,11H,10H2,1H3,(H,21,25)(H,22,23)/t11-/m1/s1. The Labute approximate surface area is 154 Å². The van der Waals surface area contributed by atoms with E-state index in [0.717, 1.165) is 0 Å². The van der Waals surface area contributed by atoms with Gasteiger partial charge < -0.3 is 5.32 Å². The molecule has 1 aliphatic heterocycles. The number of aliphatic imine (C=N–C) groups is 1. The van der Waals surface area contributed by atoms with Gasteiger partial charge in [0.1, 0.15) is 11.9 Å². The molecule has 0 spiro atoms. The van der Waals surface area contributed by atoms with Crippen LogP contribution in [-0.4, -0.2) is 23.7 Å². The second-order valence-electron chi connectivity index (χ2n) is 5.71. The summed E-state index contributed by atoms with van der Waals surface area (Å²) in [6.07, 6.45) is 0. The predicted molar refractivity (Wildman–Crippen MR) is 97.2 cm³/mol. The molecule has 0 saturated carbocycles. The molecule has 0 unspecified atom stereocenters. The lowest BCUT2D eigenvalue weighted by molar-refractivity contribution is -0.120. The minimum absolute atomic E-state index is 0.0145. The summed E-state index contributed by atoms with van der Waals surface area (Å²) in [6, 6.07) is 12.4. The van der Waals surface area contributed by atoms with Gasteiger partial charge in [0.25, 0.3) is 11.8 Å². The fraction of sp³-hybridized carbons (Fsp3) is 0.167. The SMILES string of the molecule is C[C@H]1N=C(C(=O)NCc2ccc(F)c(Cl)c2)NN(c2ccccc2)C1=O. The molecule has 0 fully saturated rings. The van der Waals surface area contributed by atoms with Crippen LogP contribution < -0.4 is 15.8 Å². The van der Waals surface area contributed by atoms with E-state index in [1.165, 1.54) is 23.2 Å². The van der Waals surface area contributed by atoms with Gasteiger partial charge in [-0.05, 0) is 36.8 Å². The van der Waals surface area contributed by atoms with Gasteiger partial charge in [0.2, 0.25) is 5.84 Å². The highest BCUT2D eigenvalue weighted by atomic mass is 35.5. The van der Waals surface area contributed by atoms with E-state index in [0.29, 0.717) is 11.3 Å². The first-order chi connectivity index (χ1) is 12.5. The Kier molecular flexibility index (Phi) is 5.18. The van der Waals surface area contributed by atoms with Gasteiger partial charge in [0.05, 0.1) is 10.7 Å². The quantitative estimate of drug-likeness (QED) is 0.863. The molecule has 26 heavy (non-hydrogen) atoms. The summed E-state index contributed by atoms with van der Waals surface area (Å²) in [5.74, 6) is -1.25. The minimum atomic E-state index is -0.697. The highest BCUT2D eigenvalue weighted by Gasteiger charge is 2.30. The molecule has 2 amide bonds. The molecule has 0 bridgehead atoms. The average molecular weight is 375 g/mol. The molecule has 1 atom stereocenters. The Balaban J connectivity index is 1.71. The number of halogens is 2. The molecular weight excluding hydrogens is 359 g/mol. The Morgan fingerprint density at radius 1 is 1.31 bits per heavy atom. The lowest BCUT2D eigenvalue weighted by Gasteiger charge is -2.30. The zero-order chi connectivity index (χ0) is 18.7. The van der Waals surface area contributed by atoms with Crippen LogP contribution in [0.2, 0.25) is 5.02 Å². The van der Waals surface area contributed by atoms with Crippen LogP contribution in [0, 0.1) is 5.82 Å². The molecule has 8 heteroatoms. The number of para-hydroxylation sites is 1. The number of anilines is 1. The monoisotopic (exact) mass is 374 g/mol. The molecule has 0 aliphatic carbocycles. The number of amides is 2. The van der Waals surface area contributed by atoms with E-state index in [9.17, 15) is 14.0 Å². The molecule has 2 N–H and O–H groups in total. The lowest BCUT2D eigenvalue weighted by atomic mass is 10.2. The van der Waals surface area contributed by atoms with Gasteiger partial charge in [-0.25, -0.2) is 14.4 Å². The molecule has 2 aromatic rings. The lowest BCUT2D eigenvalue weighted by Crippen LogP contribution is -2.57. The largest absolute Gasteiger partial charge is 0.345 e. The maximum absolute atomic E-state index is 13.2. The number of hydrogen-bond acceptors (Lipinski definition) is 4. The fourth-order valence-corrected chi connectivity index (χ4v) is 2.62. The van der Waals surface area contributed by atoms with Gasteiger partial charge in [-0.3, -0.25) is 15.0 Å². The third-order valence-electron chi connectivity index (χ3n) is 3.78. The molecule has 0 saturated heterocycles. The third-order valence-corrected chi connectivity index (χ3v) is 4.07. The van der Waals surface area contributed by atoms with E-state index in [1.807, 2.05) is 6.07 Å². The molecule has 0 radical (unpaired) electrons. The van der Waals surface area contributed by atoms with Crippen molar-refractivity contribution in [1.82, 2.24) is 10.7 Å². The first-order valence-corrected chi connectivity index (χ1v) is 8.29. The summed E-state index contributed by atoms with van der Waals surface area (Å²) in [5, 5.41) is 3.95. The summed E-state index contributed by atoms with van der Waals surface area (Å²) in [6.45, 7) is 1.76. The molecule has 3 rings (SSSR count). The van der Waals surface area contributed by atoms with Gasteiger partial charge in [-0.2, -0.15) is 0 Å². The number of nitrogens with zero attached hydrogens (tertiary/aromatic N) is 2. The van der Waals surface area contributed by atoms with Gasteiger partial charge >= 0.3 is 0 Å². The van der Waals surface area contributed by atoms with Crippen molar-refractivity contribution >= 4 is 34.9 Å². The van der Waals surface area contributed by atoms with Crippen LogP contribution >= 0.6 is 11.6 Å². The van der Waals surface area contributed by atoms with Crippen molar-refractivity contribution in [2.45, 2.75) is 19.5 Å². The molecule has 2 aromatic carbocycles. The van der Waals surface area contributed by atoms with Crippen molar-refractivity contribution in [3.05, 3.63) is 64.9 Å². The van der Waals surface area contributed by atoms with Crippen molar-refractivity contribution in [2.75, 3.05) is 5.01 Å². The van der Waals surface area contributed by atoms with E-state index in [1.54, 1.807) is 31.2 Å². The second-order valence-corrected chi connectivity index (χ2v) is 6.11. The number of carbonyl (C=O) groups excluding carboxylic acids is 2. The van der Waals surface area contributed by atoms with Crippen LogP contribution in [0.15, 0.2) is 53.5 Å². The average Bonchev–Trinajstić information content (AvgIpc) is 2.65. The molecule has 6 nitrogen and oxygen atoms in total. The topological polar surface area (TPSA) is 73.8 Å². The maximum atomic E-state index is 13.2. The third kappa shape index (κ3) is 3.83. The van der Waals surface area contributed by atoms with E-state index in [4.69, 9.17) is 11.6 Å². The van der Waals surface area contributed by atoms with Crippen molar-refractivity contribution in [3.63, 3.8) is 0 Å². The van der Waals surface area contributed by atoms with Gasteiger partial charge in [0, 0.05) is 6.54 Å². The maximum Gasteiger partial charge on any atom is 0.288 e. The molecule has 1 heterocycles. The van der Waals surface area contributed by atoms with Crippen molar-refractivity contribution in [2.24, 2.45) is 4.99 Å². The zero-order valence-electron chi connectivity index (χ0n) is 13.9. The van der Waals surface area contributed by atoms with Crippen molar-refractivity contribution in [3.8, 4) is 0 Å². The Hall–Kier alpha value is -2.93. The van der Waals surface area contributed by atoms with E-state index in [-0.39, 0.29) is 23.3 Å². The smallest absolute Gasteiger partial charge is 0.288 e.